The summed E-state index contributed by atoms with van der Waals surface area (Å²) in [6.45, 7) is 6.14. The Balaban J connectivity index is 2.01. The molecule has 2 aliphatic rings. The van der Waals surface area contributed by atoms with E-state index in [-0.39, 0.29) is 42.9 Å². The van der Waals surface area contributed by atoms with Crippen LogP contribution in [-0.2, 0) is 14.4 Å². The molecule has 0 aliphatic heterocycles. The molecule has 7 atom stereocenters. The minimum atomic E-state index is -0.699. The first-order valence-electron chi connectivity index (χ1n) is 11.1. The average molecular weight is 411 g/mol. The fourth-order valence-electron chi connectivity index (χ4n) is 4.51. The SMILES string of the molecule is CCC(C)C(=O)OC1CCC=C2C=CC(C)C(CC[C@@H](O)CC(O)CCOO)C21. The Morgan fingerprint density at radius 1 is 1.28 bits per heavy atom. The number of aliphatic hydroxyl groups is 2. The molecule has 0 aromatic rings. The summed E-state index contributed by atoms with van der Waals surface area (Å²) in [4.78, 5) is 16.4. The number of allylic oxidation sites excluding steroid dienone is 3. The van der Waals surface area contributed by atoms with Crippen molar-refractivity contribution in [3.63, 3.8) is 0 Å². The number of carbonyl (C=O) groups is 1. The highest BCUT2D eigenvalue weighted by Gasteiger charge is 2.40. The first-order valence-corrected chi connectivity index (χ1v) is 11.1. The molecule has 6 nitrogen and oxygen atoms in total. The van der Waals surface area contributed by atoms with Gasteiger partial charge < -0.3 is 14.9 Å². The number of hydrogen-bond acceptors (Lipinski definition) is 6. The molecule has 0 saturated carbocycles. The van der Waals surface area contributed by atoms with Crippen molar-refractivity contribution in [1.29, 1.82) is 0 Å². The molecule has 0 aromatic heterocycles. The van der Waals surface area contributed by atoms with Crippen LogP contribution in [0.4, 0.5) is 0 Å². The maximum Gasteiger partial charge on any atom is 0.308 e. The summed E-state index contributed by atoms with van der Waals surface area (Å²) in [5.74, 6) is 0.574. The summed E-state index contributed by atoms with van der Waals surface area (Å²) in [6, 6.07) is 0. The van der Waals surface area contributed by atoms with E-state index in [1.165, 1.54) is 5.57 Å². The van der Waals surface area contributed by atoms with E-state index >= 15 is 0 Å². The summed E-state index contributed by atoms with van der Waals surface area (Å²) >= 11 is 0. The van der Waals surface area contributed by atoms with E-state index in [9.17, 15) is 15.0 Å². The lowest BCUT2D eigenvalue weighted by molar-refractivity contribution is -0.245. The monoisotopic (exact) mass is 410 g/mol. The van der Waals surface area contributed by atoms with Crippen molar-refractivity contribution in [1.82, 2.24) is 0 Å². The van der Waals surface area contributed by atoms with E-state index in [0.29, 0.717) is 18.8 Å². The molecule has 2 rings (SSSR count). The molecule has 0 heterocycles. The lowest BCUT2D eigenvalue weighted by Gasteiger charge is -2.42. The van der Waals surface area contributed by atoms with E-state index in [1.54, 1.807) is 0 Å². The second-order valence-corrected chi connectivity index (χ2v) is 8.72. The Hall–Kier alpha value is -1.21. The summed E-state index contributed by atoms with van der Waals surface area (Å²) in [6.07, 6.45) is 9.68. The van der Waals surface area contributed by atoms with Crippen molar-refractivity contribution in [3.8, 4) is 0 Å². The van der Waals surface area contributed by atoms with Gasteiger partial charge in [-0.05, 0) is 62.4 Å². The molecule has 0 bridgehead atoms. The highest BCUT2D eigenvalue weighted by molar-refractivity contribution is 5.72. The maximum atomic E-state index is 12.4. The quantitative estimate of drug-likeness (QED) is 0.272. The number of aliphatic hydroxyl groups excluding tert-OH is 2. The van der Waals surface area contributed by atoms with Gasteiger partial charge in [-0.3, -0.25) is 10.1 Å². The van der Waals surface area contributed by atoms with E-state index in [4.69, 9.17) is 9.99 Å². The molecule has 0 aromatic carbocycles. The number of ether oxygens (including phenoxy) is 1. The molecule has 0 fully saturated rings. The van der Waals surface area contributed by atoms with Crippen LogP contribution in [0, 0.1) is 23.7 Å². The topological polar surface area (TPSA) is 96.2 Å². The molecule has 3 N–H and O–H groups in total. The van der Waals surface area contributed by atoms with Gasteiger partial charge >= 0.3 is 5.97 Å². The van der Waals surface area contributed by atoms with Crippen molar-refractivity contribution in [2.24, 2.45) is 23.7 Å². The van der Waals surface area contributed by atoms with Gasteiger partial charge in [0.15, 0.2) is 0 Å². The molecule has 6 heteroatoms. The van der Waals surface area contributed by atoms with Gasteiger partial charge in [-0.2, -0.15) is 0 Å². The van der Waals surface area contributed by atoms with Gasteiger partial charge in [0.2, 0.25) is 0 Å². The predicted octanol–water partition coefficient (Wildman–Crippen LogP) is 3.87. The van der Waals surface area contributed by atoms with Crippen LogP contribution in [-0.4, -0.2) is 46.4 Å². The lowest BCUT2D eigenvalue weighted by atomic mass is 9.66. The molecule has 166 valence electrons. The van der Waals surface area contributed by atoms with Crippen LogP contribution in [0.15, 0.2) is 23.8 Å². The number of carbonyl (C=O) groups excluding carboxylic acids is 1. The molecule has 0 saturated heterocycles. The van der Waals surface area contributed by atoms with Gasteiger partial charge in [-0.1, -0.05) is 39.0 Å². The Morgan fingerprint density at radius 3 is 2.69 bits per heavy atom. The Morgan fingerprint density at radius 2 is 2.00 bits per heavy atom. The first kappa shape index (κ1) is 24.1. The second-order valence-electron chi connectivity index (χ2n) is 8.72. The molecule has 0 radical (unpaired) electrons. The zero-order chi connectivity index (χ0) is 21.4. The third kappa shape index (κ3) is 6.92. The van der Waals surface area contributed by atoms with Crippen molar-refractivity contribution >= 4 is 5.97 Å². The number of esters is 1. The average Bonchev–Trinajstić information content (AvgIpc) is 2.71. The minimum Gasteiger partial charge on any atom is -0.461 e. The van der Waals surface area contributed by atoms with Crippen LogP contribution in [0.1, 0.15) is 65.7 Å². The Bertz CT molecular complexity index is 572. The highest BCUT2D eigenvalue weighted by Crippen LogP contribution is 2.44. The van der Waals surface area contributed by atoms with Crippen LogP contribution in [0.2, 0.25) is 0 Å². The van der Waals surface area contributed by atoms with Crippen molar-refractivity contribution in [2.75, 3.05) is 6.61 Å². The van der Waals surface area contributed by atoms with Crippen molar-refractivity contribution < 1.29 is 29.9 Å². The van der Waals surface area contributed by atoms with E-state index in [0.717, 1.165) is 25.7 Å². The summed E-state index contributed by atoms with van der Waals surface area (Å²) in [5.41, 5.74) is 1.25. The summed E-state index contributed by atoms with van der Waals surface area (Å²) < 4.78 is 5.95. The fourth-order valence-corrected chi connectivity index (χ4v) is 4.51. The van der Waals surface area contributed by atoms with E-state index in [1.807, 2.05) is 13.8 Å². The zero-order valence-electron chi connectivity index (χ0n) is 18.0. The Labute approximate surface area is 174 Å². The third-order valence-electron chi connectivity index (χ3n) is 6.55. The highest BCUT2D eigenvalue weighted by atomic mass is 17.1. The standard InChI is InChI=1S/C23H38O6/c1-4-15(2)23(26)29-21-7-5-6-17-9-8-16(3)20(22(17)21)11-10-18(24)14-19(25)12-13-28-27/h6,8-9,15-16,18-22,24-25,27H,4-5,7,10-14H2,1-3H3/t15?,16?,18-,19?,20?,21?,22?/m1/s1. The van der Waals surface area contributed by atoms with Gasteiger partial charge in [0.25, 0.3) is 0 Å². The van der Waals surface area contributed by atoms with Crippen LogP contribution in [0.5, 0.6) is 0 Å². The molecule has 0 amide bonds. The third-order valence-corrected chi connectivity index (χ3v) is 6.55. The fraction of sp³-hybridized carbons (Fsp3) is 0.783. The van der Waals surface area contributed by atoms with E-state index < -0.39 is 12.2 Å². The number of rotatable bonds is 11. The maximum absolute atomic E-state index is 12.4. The van der Waals surface area contributed by atoms with Crippen LogP contribution in [0.25, 0.3) is 0 Å². The summed E-state index contributed by atoms with van der Waals surface area (Å²) in [5, 5.41) is 28.7. The zero-order valence-corrected chi connectivity index (χ0v) is 18.0. The first-order chi connectivity index (χ1) is 13.9. The molecular weight excluding hydrogens is 372 g/mol. The van der Waals surface area contributed by atoms with Gasteiger partial charge in [-0.15, -0.1) is 0 Å². The molecule has 2 aliphatic carbocycles. The molecule has 0 spiro atoms. The molecule has 29 heavy (non-hydrogen) atoms. The van der Waals surface area contributed by atoms with Gasteiger partial charge in [0.05, 0.1) is 24.7 Å². The summed E-state index contributed by atoms with van der Waals surface area (Å²) in [7, 11) is 0. The van der Waals surface area contributed by atoms with Crippen LogP contribution in [0.3, 0.4) is 0 Å². The van der Waals surface area contributed by atoms with Crippen molar-refractivity contribution in [3.05, 3.63) is 23.8 Å². The number of hydrogen-bond donors (Lipinski definition) is 3. The van der Waals surface area contributed by atoms with Gasteiger partial charge in [0.1, 0.15) is 6.10 Å². The normalized spacial score (nSPS) is 29.5. The van der Waals surface area contributed by atoms with Gasteiger partial charge in [0, 0.05) is 5.92 Å². The predicted molar refractivity (Wildman–Crippen MR) is 111 cm³/mol. The van der Waals surface area contributed by atoms with Crippen LogP contribution < -0.4 is 0 Å². The lowest BCUT2D eigenvalue weighted by Crippen LogP contribution is -2.40. The van der Waals surface area contributed by atoms with Crippen molar-refractivity contribution in [2.45, 2.75) is 84.0 Å². The van der Waals surface area contributed by atoms with Gasteiger partial charge in [-0.25, -0.2) is 4.89 Å². The molecular formula is C23H38O6. The minimum absolute atomic E-state index is 0.0534. The largest absolute Gasteiger partial charge is 0.461 e. The smallest absolute Gasteiger partial charge is 0.308 e. The molecule has 6 unspecified atom stereocenters. The number of fused-ring (bicyclic) bond motifs is 1. The van der Waals surface area contributed by atoms with E-state index in [2.05, 4.69) is 30.0 Å². The second kappa shape index (κ2) is 11.8. The Kier molecular flexibility index (Phi) is 9.83. The van der Waals surface area contributed by atoms with Crippen LogP contribution >= 0.6 is 0 Å².